The molecule has 7 heteroatoms. The van der Waals surface area contributed by atoms with Crippen LogP contribution >= 0.6 is 0 Å². The van der Waals surface area contributed by atoms with E-state index in [1.807, 2.05) is 18.2 Å². The molecule has 0 aromatic heterocycles. The van der Waals surface area contributed by atoms with Crippen molar-refractivity contribution in [3.63, 3.8) is 0 Å². The van der Waals surface area contributed by atoms with Crippen molar-refractivity contribution in [3.05, 3.63) is 60.2 Å². The van der Waals surface area contributed by atoms with Crippen LogP contribution in [0.2, 0.25) is 0 Å². The first-order chi connectivity index (χ1) is 12.9. The zero-order valence-electron chi connectivity index (χ0n) is 15.2. The summed E-state index contributed by atoms with van der Waals surface area (Å²) in [5, 5.41) is 11.9. The number of carbonyl (C=O) groups excluding carboxylic acids is 2. The first kappa shape index (κ1) is 20.0. The second-order valence-corrected chi connectivity index (χ2v) is 5.94. The Morgan fingerprint density at radius 3 is 2.37 bits per heavy atom. The number of carbonyl (C=O) groups is 3. The van der Waals surface area contributed by atoms with Gasteiger partial charge in [0.05, 0.1) is 0 Å². The van der Waals surface area contributed by atoms with Crippen LogP contribution < -0.4 is 10.1 Å². The van der Waals surface area contributed by atoms with Gasteiger partial charge in [0, 0.05) is 25.6 Å². The second-order valence-electron chi connectivity index (χ2n) is 5.94. The number of carboxylic acids is 1. The minimum atomic E-state index is -1.12. The predicted molar refractivity (Wildman–Crippen MR) is 99.8 cm³/mol. The maximum absolute atomic E-state index is 12.9. The molecular weight excluding hydrogens is 348 g/mol. The van der Waals surface area contributed by atoms with Crippen LogP contribution in [0, 0.1) is 0 Å². The molecule has 7 nitrogen and oxygen atoms in total. The summed E-state index contributed by atoms with van der Waals surface area (Å²) in [5.74, 6) is -0.722. The molecular formula is C20H22N2O5. The Bertz CT molecular complexity index is 807. The summed E-state index contributed by atoms with van der Waals surface area (Å²) in [6, 6.07) is 14.6. The highest BCUT2D eigenvalue weighted by atomic mass is 16.5. The number of nitrogens with zero attached hydrogens (tertiary/aromatic N) is 1. The summed E-state index contributed by atoms with van der Waals surface area (Å²) < 4.78 is 5.73. The van der Waals surface area contributed by atoms with Crippen LogP contribution in [-0.2, 0) is 9.59 Å². The van der Waals surface area contributed by atoms with Crippen LogP contribution in [0.3, 0.4) is 0 Å². The van der Waals surface area contributed by atoms with Crippen LogP contribution in [0.25, 0.3) is 0 Å². The summed E-state index contributed by atoms with van der Waals surface area (Å²) in [6.07, 6.45) is 0. The molecule has 1 unspecified atom stereocenters. The summed E-state index contributed by atoms with van der Waals surface area (Å²) in [4.78, 5) is 36.5. The maximum atomic E-state index is 12.9. The number of hydrogen-bond acceptors (Lipinski definition) is 4. The van der Waals surface area contributed by atoms with Gasteiger partial charge in [-0.2, -0.15) is 0 Å². The number of ether oxygens (including phenoxy) is 1. The Labute approximate surface area is 157 Å². The van der Waals surface area contributed by atoms with Crippen LogP contribution in [0.15, 0.2) is 54.6 Å². The van der Waals surface area contributed by atoms with Crippen LogP contribution in [0.4, 0.5) is 0 Å². The lowest BCUT2D eigenvalue weighted by Crippen LogP contribution is -2.46. The molecule has 142 valence electrons. The van der Waals surface area contributed by atoms with E-state index in [0.717, 1.165) is 0 Å². The standard InChI is InChI=1S/C20H22N2O5/c1-14(20(25)26)22(12-11-21-15(2)23)19(24)16-7-6-10-18(13-16)27-17-8-4-3-5-9-17/h3-10,13-14H,11-12H2,1-2H3,(H,21,23)(H,25,26). The van der Waals surface area contributed by atoms with Gasteiger partial charge in [-0.15, -0.1) is 0 Å². The number of benzene rings is 2. The fourth-order valence-corrected chi connectivity index (χ4v) is 2.44. The van der Waals surface area contributed by atoms with Crippen LogP contribution in [0.1, 0.15) is 24.2 Å². The number of rotatable bonds is 8. The Balaban J connectivity index is 2.19. The van der Waals surface area contributed by atoms with Crippen molar-refractivity contribution in [3.8, 4) is 11.5 Å². The third kappa shape index (κ3) is 5.85. The zero-order chi connectivity index (χ0) is 19.8. The molecule has 27 heavy (non-hydrogen) atoms. The molecule has 1 atom stereocenters. The fraction of sp³-hybridized carbons (Fsp3) is 0.250. The topological polar surface area (TPSA) is 95.9 Å². The van der Waals surface area contributed by atoms with Crippen molar-refractivity contribution in [2.24, 2.45) is 0 Å². The summed E-state index contributed by atoms with van der Waals surface area (Å²) in [6.45, 7) is 3.03. The Hall–Kier alpha value is -3.35. The largest absolute Gasteiger partial charge is 0.480 e. The molecule has 0 spiro atoms. The van der Waals surface area contributed by atoms with Crippen molar-refractivity contribution in [2.75, 3.05) is 13.1 Å². The highest BCUT2D eigenvalue weighted by Crippen LogP contribution is 2.22. The van der Waals surface area contributed by atoms with E-state index in [-0.39, 0.29) is 19.0 Å². The van der Waals surface area contributed by atoms with E-state index in [0.29, 0.717) is 17.1 Å². The lowest BCUT2D eigenvalue weighted by atomic mass is 10.1. The van der Waals surface area contributed by atoms with Gasteiger partial charge < -0.3 is 20.1 Å². The SMILES string of the molecule is CC(=O)NCCN(C(=O)c1cccc(Oc2ccccc2)c1)C(C)C(=O)O. The highest BCUT2D eigenvalue weighted by molar-refractivity contribution is 5.97. The molecule has 2 N–H and O–H groups in total. The third-order valence-corrected chi connectivity index (χ3v) is 3.87. The van der Waals surface area contributed by atoms with E-state index < -0.39 is 17.9 Å². The smallest absolute Gasteiger partial charge is 0.326 e. The van der Waals surface area contributed by atoms with E-state index in [1.165, 1.54) is 18.7 Å². The molecule has 0 bridgehead atoms. The van der Waals surface area contributed by atoms with Gasteiger partial charge in [0.15, 0.2) is 0 Å². The summed E-state index contributed by atoms with van der Waals surface area (Å²) >= 11 is 0. The third-order valence-electron chi connectivity index (χ3n) is 3.87. The molecule has 2 aromatic carbocycles. The van der Waals surface area contributed by atoms with Crippen LogP contribution in [-0.4, -0.2) is 46.9 Å². The van der Waals surface area contributed by atoms with Crippen molar-refractivity contribution in [1.29, 1.82) is 0 Å². The normalized spacial score (nSPS) is 11.3. The van der Waals surface area contributed by atoms with Crippen LogP contribution in [0.5, 0.6) is 11.5 Å². The first-order valence-corrected chi connectivity index (χ1v) is 8.49. The number of para-hydroxylation sites is 1. The minimum absolute atomic E-state index is 0.0790. The molecule has 2 rings (SSSR count). The minimum Gasteiger partial charge on any atom is -0.480 e. The molecule has 0 radical (unpaired) electrons. The van der Waals surface area contributed by atoms with Gasteiger partial charge in [-0.3, -0.25) is 9.59 Å². The van der Waals surface area contributed by atoms with Gasteiger partial charge >= 0.3 is 5.97 Å². The van der Waals surface area contributed by atoms with Crippen molar-refractivity contribution < 1.29 is 24.2 Å². The number of nitrogens with one attached hydrogen (secondary N) is 1. The average Bonchev–Trinajstić information content (AvgIpc) is 2.65. The van der Waals surface area contributed by atoms with E-state index in [9.17, 15) is 19.5 Å². The Kier molecular flexibility index (Phi) is 6.93. The monoisotopic (exact) mass is 370 g/mol. The number of carboxylic acid groups (broad SMARTS) is 1. The molecule has 0 aliphatic heterocycles. The molecule has 0 aliphatic rings. The summed E-state index contributed by atoms with van der Waals surface area (Å²) in [7, 11) is 0. The van der Waals surface area contributed by atoms with Crippen molar-refractivity contribution in [1.82, 2.24) is 10.2 Å². The van der Waals surface area contributed by atoms with Gasteiger partial charge in [-0.25, -0.2) is 4.79 Å². The molecule has 0 saturated carbocycles. The van der Waals surface area contributed by atoms with Gasteiger partial charge in [-0.1, -0.05) is 24.3 Å². The zero-order valence-corrected chi connectivity index (χ0v) is 15.2. The average molecular weight is 370 g/mol. The molecule has 0 aliphatic carbocycles. The van der Waals surface area contributed by atoms with E-state index in [1.54, 1.807) is 36.4 Å². The molecule has 2 aromatic rings. The Morgan fingerprint density at radius 2 is 1.74 bits per heavy atom. The predicted octanol–water partition coefficient (Wildman–Crippen LogP) is 2.53. The lowest BCUT2D eigenvalue weighted by Gasteiger charge is -2.26. The van der Waals surface area contributed by atoms with Gasteiger partial charge in [-0.05, 0) is 37.3 Å². The molecule has 2 amide bonds. The van der Waals surface area contributed by atoms with E-state index >= 15 is 0 Å². The molecule has 0 fully saturated rings. The molecule has 0 saturated heterocycles. The van der Waals surface area contributed by atoms with Crippen molar-refractivity contribution in [2.45, 2.75) is 19.9 Å². The maximum Gasteiger partial charge on any atom is 0.326 e. The second kappa shape index (κ2) is 9.38. The van der Waals surface area contributed by atoms with E-state index in [2.05, 4.69) is 5.32 Å². The number of aliphatic carboxylic acids is 1. The Morgan fingerprint density at radius 1 is 1.07 bits per heavy atom. The lowest BCUT2D eigenvalue weighted by molar-refractivity contribution is -0.141. The van der Waals surface area contributed by atoms with Gasteiger partial charge in [0.25, 0.3) is 5.91 Å². The van der Waals surface area contributed by atoms with Gasteiger partial charge in [0.2, 0.25) is 5.91 Å². The van der Waals surface area contributed by atoms with E-state index in [4.69, 9.17) is 4.74 Å². The molecule has 0 heterocycles. The fourth-order valence-electron chi connectivity index (χ4n) is 2.44. The summed E-state index contributed by atoms with van der Waals surface area (Å²) in [5.41, 5.74) is 0.305. The van der Waals surface area contributed by atoms with Gasteiger partial charge in [0.1, 0.15) is 17.5 Å². The number of amides is 2. The highest BCUT2D eigenvalue weighted by Gasteiger charge is 2.26. The van der Waals surface area contributed by atoms with Crippen molar-refractivity contribution >= 4 is 17.8 Å². The number of hydrogen-bond donors (Lipinski definition) is 2. The quantitative estimate of drug-likeness (QED) is 0.744. The first-order valence-electron chi connectivity index (χ1n) is 8.49.